The fraction of sp³-hybridized carbons (Fsp3) is 0.176. The van der Waals surface area contributed by atoms with E-state index in [4.69, 9.17) is 0 Å². The van der Waals surface area contributed by atoms with Crippen molar-refractivity contribution in [2.75, 3.05) is 11.9 Å². The van der Waals surface area contributed by atoms with Gasteiger partial charge in [0.2, 0.25) is 0 Å². The molecule has 0 atom stereocenters. The summed E-state index contributed by atoms with van der Waals surface area (Å²) in [5, 5.41) is 7.70. The third kappa shape index (κ3) is 3.14. The van der Waals surface area contributed by atoms with E-state index in [0.29, 0.717) is 0 Å². The molecule has 4 nitrogen and oxygen atoms in total. The van der Waals surface area contributed by atoms with Crippen LogP contribution in [0, 0.1) is 0 Å². The molecule has 1 aliphatic heterocycles. The van der Waals surface area contributed by atoms with Crippen molar-refractivity contribution in [2.24, 2.45) is 5.10 Å². The Morgan fingerprint density at radius 3 is 2.73 bits per heavy atom. The first-order valence-electron chi connectivity index (χ1n) is 7.08. The largest absolute Gasteiger partial charge is 0.354 e. The molecule has 5 heteroatoms. The lowest BCUT2D eigenvalue weighted by molar-refractivity contribution is -0.116. The van der Waals surface area contributed by atoms with Gasteiger partial charge in [0.1, 0.15) is 0 Å². The van der Waals surface area contributed by atoms with E-state index >= 15 is 0 Å². The Morgan fingerprint density at radius 2 is 1.91 bits per heavy atom. The number of nitrogens with zero attached hydrogens (tertiary/aromatic N) is 1. The summed E-state index contributed by atoms with van der Waals surface area (Å²) >= 11 is 1.76. The number of hydrogen-bond acceptors (Lipinski definition) is 5. The van der Waals surface area contributed by atoms with Crippen molar-refractivity contribution in [3.8, 4) is 0 Å². The van der Waals surface area contributed by atoms with E-state index in [9.17, 15) is 4.79 Å². The molecule has 0 aromatic heterocycles. The number of anilines is 2. The zero-order valence-electron chi connectivity index (χ0n) is 12.5. The second-order valence-corrected chi connectivity index (χ2v) is 6.25. The molecule has 0 saturated carbocycles. The Labute approximate surface area is 134 Å². The highest BCUT2D eigenvalue weighted by molar-refractivity contribution is 7.99. The maximum atomic E-state index is 10.9. The average Bonchev–Trinajstić information content (AvgIpc) is 2.51. The number of carbonyl (C=O) groups is 1. The van der Waals surface area contributed by atoms with Gasteiger partial charge in [-0.15, -0.1) is 0 Å². The predicted octanol–water partition coefficient (Wildman–Crippen LogP) is 3.80. The van der Waals surface area contributed by atoms with E-state index < -0.39 is 0 Å². The first-order chi connectivity index (χ1) is 10.6. The molecule has 3 rings (SSSR count). The summed E-state index contributed by atoms with van der Waals surface area (Å²) in [5.41, 5.74) is 6.89. The number of hydrazone groups is 1. The number of Topliss-reactive ketones (excluding diaryl/α,β-unsaturated/α-hetero) is 1. The van der Waals surface area contributed by atoms with Crippen molar-refractivity contribution in [2.45, 2.75) is 23.6 Å². The minimum absolute atomic E-state index is 0.0664. The number of nitrogens with one attached hydrogen (secondary N) is 2. The van der Waals surface area contributed by atoms with Crippen LogP contribution in [0.5, 0.6) is 0 Å². The predicted molar refractivity (Wildman–Crippen MR) is 91.2 cm³/mol. The summed E-state index contributed by atoms with van der Waals surface area (Å²) in [6.07, 6.45) is 0. The molecule has 0 bridgehead atoms. The van der Waals surface area contributed by atoms with Crippen molar-refractivity contribution in [3.05, 3.63) is 48.0 Å². The summed E-state index contributed by atoms with van der Waals surface area (Å²) in [6.45, 7) is 3.72. The highest BCUT2D eigenvalue weighted by atomic mass is 32.2. The van der Waals surface area contributed by atoms with Crippen LogP contribution in [0.1, 0.15) is 19.4 Å². The molecular weight excluding hydrogens is 294 g/mol. The molecule has 2 aromatic carbocycles. The SMILES string of the molecule is CC(=O)CNN=C(C)c1ccc2c(c1)Nc1ccccc1S2. The Kier molecular flexibility index (Phi) is 4.15. The van der Waals surface area contributed by atoms with Gasteiger partial charge in [-0.05, 0) is 43.7 Å². The second kappa shape index (κ2) is 6.23. The van der Waals surface area contributed by atoms with Crippen LogP contribution in [0.3, 0.4) is 0 Å². The molecule has 2 aromatic rings. The number of carbonyl (C=O) groups excluding carboxylic acids is 1. The van der Waals surface area contributed by atoms with Crippen LogP contribution < -0.4 is 10.7 Å². The standard InChI is InChI=1S/C17H17N3OS/c1-11(21)10-18-20-12(2)13-7-8-17-15(9-13)19-14-5-3-4-6-16(14)22-17/h3-9,18-19H,10H2,1-2H3. The van der Waals surface area contributed by atoms with Gasteiger partial charge in [0.15, 0.2) is 5.78 Å². The topological polar surface area (TPSA) is 53.5 Å². The quantitative estimate of drug-likeness (QED) is 0.568. The highest BCUT2D eigenvalue weighted by Gasteiger charge is 2.15. The maximum Gasteiger partial charge on any atom is 0.150 e. The van der Waals surface area contributed by atoms with Crippen molar-refractivity contribution < 1.29 is 4.79 Å². The molecule has 112 valence electrons. The smallest absolute Gasteiger partial charge is 0.150 e. The Balaban J connectivity index is 1.82. The molecule has 1 aliphatic rings. The van der Waals surface area contributed by atoms with E-state index in [2.05, 4.69) is 46.2 Å². The van der Waals surface area contributed by atoms with Crippen LogP contribution in [-0.4, -0.2) is 18.0 Å². The molecule has 0 unspecified atom stereocenters. The lowest BCUT2D eigenvalue weighted by Gasteiger charge is -2.21. The molecule has 2 N–H and O–H groups in total. The Hall–Kier alpha value is -2.27. The van der Waals surface area contributed by atoms with Gasteiger partial charge < -0.3 is 10.7 Å². The molecule has 0 radical (unpaired) electrons. The molecule has 0 fully saturated rings. The van der Waals surface area contributed by atoms with Crippen molar-refractivity contribution in [1.29, 1.82) is 0 Å². The van der Waals surface area contributed by atoms with Crippen LogP contribution in [0.25, 0.3) is 0 Å². The molecule has 22 heavy (non-hydrogen) atoms. The summed E-state index contributed by atoms with van der Waals surface area (Å²) in [6, 6.07) is 14.5. The third-order valence-corrected chi connectivity index (χ3v) is 4.50. The van der Waals surface area contributed by atoms with Crippen molar-refractivity contribution >= 4 is 34.6 Å². The molecule has 0 aliphatic carbocycles. The molecule has 0 spiro atoms. The number of para-hydroxylation sites is 1. The summed E-state index contributed by atoms with van der Waals surface area (Å²) in [7, 11) is 0. The number of benzene rings is 2. The molecule has 0 saturated heterocycles. The average molecular weight is 311 g/mol. The number of hydrogen-bond donors (Lipinski definition) is 2. The zero-order valence-corrected chi connectivity index (χ0v) is 13.3. The normalized spacial score (nSPS) is 12.9. The van der Waals surface area contributed by atoms with Crippen LogP contribution in [0.4, 0.5) is 11.4 Å². The van der Waals surface area contributed by atoms with E-state index in [-0.39, 0.29) is 12.3 Å². The Bertz CT molecular complexity index is 755. The first kappa shape index (κ1) is 14.7. The number of rotatable bonds is 4. The second-order valence-electron chi connectivity index (χ2n) is 5.17. The Morgan fingerprint density at radius 1 is 1.14 bits per heavy atom. The van der Waals surface area contributed by atoms with Crippen molar-refractivity contribution in [1.82, 2.24) is 5.43 Å². The highest BCUT2D eigenvalue weighted by Crippen LogP contribution is 2.44. The zero-order chi connectivity index (χ0) is 15.5. The molecule has 1 heterocycles. The molecule has 0 amide bonds. The van der Waals surface area contributed by atoms with Crippen LogP contribution in [0.2, 0.25) is 0 Å². The monoisotopic (exact) mass is 311 g/mol. The van der Waals surface area contributed by atoms with Gasteiger partial charge in [0.25, 0.3) is 0 Å². The lowest BCUT2D eigenvalue weighted by atomic mass is 10.1. The van der Waals surface area contributed by atoms with Crippen LogP contribution >= 0.6 is 11.8 Å². The maximum absolute atomic E-state index is 10.9. The minimum atomic E-state index is 0.0664. The third-order valence-electron chi connectivity index (χ3n) is 3.35. The van der Waals surface area contributed by atoms with Crippen LogP contribution in [-0.2, 0) is 4.79 Å². The lowest BCUT2D eigenvalue weighted by Crippen LogP contribution is -2.17. The van der Waals surface area contributed by atoms with Gasteiger partial charge in [0, 0.05) is 9.79 Å². The van der Waals surface area contributed by atoms with E-state index in [0.717, 1.165) is 22.6 Å². The van der Waals surface area contributed by atoms with Gasteiger partial charge in [0.05, 0.1) is 23.6 Å². The van der Waals surface area contributed by atoms with Crippen molar-refractivity contribution in [3.63, 3.8) is 0 Å². The van der Waals surface area contributed by atoms with Gasteiger partial charge >= 0.3 is 0 Å². The summed E-state index contributed by atoms with van der Waals surface area (Å²) in [5.74, 6) is 0.0664. The fourth-order valence-electron chi connectivity index (χ4n) is 2.20. The fourth-order valence-corrected chi connectivity index (χ4v) is 3.17. The number of fused-ring (bicyclic) bond motifs is 2. The minimum Gasteiger partial charge on any atom is -0.354 e. The van der Waals surface area contributed by atoms with Gasteiger partial charge in [-0.1, -0.05) is 30.0 Å². The number of ketones is 1. The van der Waals surface area contributed by atoms with Gasteiger partial charge in [-0.3, -0.25) is 4.79 Å². The van der Waals surface area contributed by atoms with Crippen LogP contribution in [0.15, 0.2) is 57.4 Å². The summed E-state index contributed by atoms with van der Waals surface area (Å²) in [4.78, 5) is 13.4. The van der Waals surface area contributed by atoms with Gasteiger partial charge in [-0.25, -0.2) is 0 Å². The van der Waals surface area contributed by atoms with E-state index in [1.807, 2.05) is 19.1 Å². The first-order valence-corrected chi connectivity index (χ1v) is 7.90. The van der Waals surface area contributed by atoms with E-state index in [1.165, 1.54) is 16.7 Å². The van der Waals surface area contributed by atoms with Gasteiger partial charge in [-0.2, -0.15) is 5.10 Å². The van der Waals surface area contributed by atoms with E-state index in [1.54, 1.807) is 11.8 Å². The molecular formula is C17H17N3OS. The summed E-state index contributed by atoms with van der Waals surface area (Å²) < 4.78 is 0.